The molecule has 1 aromatic heterocycles. The molecule has 1 aliphatic heterocycles. The van der Waals surface area contributed by atoms with Crippen molar-refractivity contribution in [3.63, 3.8) is 0 Å². The summed E-state index contributed by atoms with van der Waals surface area (Å²) in [5.74, 6) is 0.838. The molecular formula is C13H15N3OS. The first-order valence-electron chi connectivity index (χ1n) is 6.17. The van der Waals surface area contributed by atoms with Gasteiger partial charge in [-0.15, -0.1) is 0 Å². The Balaban J connectivity index is 1.88. The number of nitrogens with zero attached hydrogens (tertiary/aromatic N) is 1. The molecule has 0 saturated carbocycles. The van der Waals surface area contributed by atoms with Crippen LogP contribution >= 0.6 is 12.2 Å². The maximum absolute atomic E-state index is 5.59. The number of anilines is 1. The van der Waals surface area contributed by atoms with Crippen molar-refractivity contribution in [2.45, 2.75) is 18.9 Å². The maximum Gasteiger partial charge on any atom is 0.199 e. The minimum Gasteiger partial charge on any atom is -0.376 e. The molecule has 1 atom stereocenters. The number of aromatic amines is 1. The molecule has 0 amide bonds. The maximum atomic E-state index is 5.59. The molecule has 0 radical (unpaired) electrons. The van der Waals surface area contributed by atoms with Crippen LogP contribution in [0.25, 0.3) is 10.9 Å². The number of H-pyrrole nitrogens is 1. The van der Waals surface area contributed by atoms with Crippen molar-refractivity contribution in [2.24, 2.45) is 0 Å². The van der Waals surface area contributed by atoms with Crippen LogP contribution in [0.3, 0.4) is 0 Å². The number of fused-ring (bicyclic) bond motifs is 1. The average molecular weight is 261 g/mol. The fraction of sp³-hybridized carbons (Fsp3) is 0.385. The second-order valence-electron chi connectivity index (χ2n) is 4.45. The van der Waals surface area contributed by atoms with E-state index in [0.717, 1.165) is 42.7 Å². The Morgan fingerprint density at radius 3 is 3.17 bits per heavy atom. The van der Waals surface area contributed by atoms with E-state index in [9.17, 15) is 0 Å². The molecule has 0 bridgehead atoms. The molecule has 0 aliphatic carbocycles. The zero-order chi connectivity index (χ0) is 12.4. The number of aromatic nitrogens is 2. The lowest BCUT2D eigenvalue weighted by molar-refractivity contribution is 0.120. The van der Waals surface area contributed by atoms with E-state index in [2.05, 4.69) is 15.3 Å². The highest BCUT2D eigenvalue weighted by atomic mass is 32.1. The van der Waals surface area contributed by atoms with Gasteiger partial charge in [-0.1, -0.05) is 12.1 Å². The van der Waals surface area contributed by atoms with Crippen molar-refractivity contribution < 1.29 is 4.74 Å². The highest BCUT2D eigenvalue weighted by molar-refractivity contribution is 7.71. The van der Waals surface area contributed by atoms with Gasteiger partial charge in [-0.05, 0) is 37.2 Å². The van der Waals surface area contributed by atoms with E-state index in [0.29, 0.717) is 10.9 Å². The van der Waals surface area contributed by atoms with Gasteiger partial charge in [-0.3, -0.25) is 0 Å². The Bertz CT molecular complexity index is 604. The molecule has 0 spiro atoms. The van der Waals surface area contributed by atoms with Gasteiger partial charge in [0.05, 0.1) is 11.6 Å². The van der Waals surface area contributed by atoms with Gasteiger partial charge in [0, 0.05) is 18.5 Å². The largest absolute Gasteiger partial charge is 0.376 e. The summed E-state index contributed by atoms with van der Waals surface area (Å²) in [6, 6.07) is 8.02. The number of para-hydroxylation sites is 1. The molecule has 2 aromatic rings. The van der Waals surface area contributed by atoms with Gasteiger partial charge in [0.2, 0.25) is 0 Å². The van der Waals surface area contributed by atoms with Crippen LogP contribution in [0, 0.1) is 4.77 Å². The second kappa shape index (κ2) is 5.04. The van der Waals surface area contributed by atoms with E-state index < -0.39 is 0 Å². The standard InChI is InChI=1S/C13H15N3OS/c18-13-15-11-6-2-1-5-10(11)12(16-13)14-8-9-4-3-7-17-9/h1-2,5-6,9H,3-4,7-8H2,(H2,14,15,16,18)/t9-/m1/s1. The number of benzene rings is 1. The Labute approximate surface area is 110 Å². The van der Waals surface area contributed by atoms with E-state index in [1.165, 1.54) is 0 Å². The van der Waals surface area contributed by atoms with E-state index in [4.69, 9.17) is 17.0 Å². The molecule has 1 aliphatic rings. The van der Waals surface area contributed by atoms with Gasteiger partial charge in [-0.2, -0.15) is 0 Å². The fourth-order valence-electron chi connectivity index (χ4n) is 2.25. The van der Waals surface area contributed by atoms with Crippen LogP contribution in [0.4, 0.5) is 5.82 Å². The van der Waals surface area contributed by atoms with E-state index in [1.54, 1.807) is 0 Å². The van der Waals surface area contributed by atoms with Crippen molar-refractivity contribution in [1.82, 2.24) is 9.97 Å². The molecule has 2 N–H and O–H groups in total. The van der Waals surface area contributed by atoms with Gasteiger partial charge < -0.3 is 15.0 Å². The predicted octanol–water partition coefficient (Wildman–Crippen LogP) is 2.88. The molecule has 5 heteroatoms. The third kappa shape index (κ3) is 2.37. The third-order valence-electron chi connectivity index (χ3n) is 3.16. The first-order valence-corrected chi connectivity index (χ1v) is 6.58. The summed E-state index contributed by atoms with van der Waals surface area (Å²) >= 11 is 5.14. The zero-order valence-electron chi connectivity index (χ0n) is 9.98. The normalized spacial score (nSPS) is 19.2. The van der Waals surface area contributed by atoms with Crippen LogP contribution in [-0.2, 0) is 4.74 Å². The second-order valence-corrected chi connectivity index (χ2v) is 4.84. The van der Waals surface area contributed by atoms with Crippen LogP contribution in [0.5, 0.6) is 0 Å². The van der Waals surface area contributed by atoms with Crippen LogP contribution in [0.1, 0.15) is 12.8 Å². The van der Waals surface area contributed by atoms with Gasteiger partial charge in [-0.25, -0.2) is 4.98 Å². The van der Waals surface area contributed by atoms with Gasteiger partial charge in [0.15, 0.2) is 4.77 Å². The van der Waals surface area contributed by atoms with Gasteiger partial charge >= 0.3 is 0 Å². The monoisotopic (exact) mass is 261 g/mol. The Morgan fingerprint density at radius 1 is 1.44 bits per heavy atom. The van der Waals surface area contributed by atoms with E-state index in [-0.39, 0.29) is 0 Å². The summed E-state index contributed by atoms with van der Waals surface area (Å²) in [4.78, 5) is 7.45. The summed E-state index contributed by atoms with van der Waals surface area (Å²) in [7, 11) is 0. The summed E-state index contributed by atoms with van der Waals surface area (Å²) in [5, 5.41) is 4.41. The molecule has 0 unspecified atom stereocenters. The lowest BCUT2D eigenvalue weighted by Gasteiger charge is -2.12. The number of hydrogen-bond donors (Lipinski definition) is 2. The number of ether oxygens (including phenoxy) is 1. The van der Waals surface area contributed by atoms with Gasteiger partial charge in [0.25, 0.3) is 0 Å². The summed E-state index contributed by atoms with van der Waals surface area (Å²) < 4.78 is 6.10. The Hall–Kier alpha value is -1.46. The Morgan fingerprint density at radius 2 is 2.33 bits per heavy atom. The first kappa shape index (κ1) is 11.6. The Kier molecular flexibility index (Phi) is 3.25. The van der Waals surface area contributed by atoms with Crippen molar-refractivity contribution in [1.29, 1.82) is 0 Å². The molecule has 1 saturated heterocycles. The zero-order valence-corrected chi connectivity index (χ0v) is 10.8. The van der Waals surface area contributed by atoms with E-state index in [1.807, 2.05) is 24.3 Å². The molecule has 1 fully saturated rings. The summed E-state index contributed by atoms with van der Waals surface area (Å²) in [6.07, 6.45) is 2.56. The van der Waals surface area contributed by atoms with Gasteiger partial charge in [0.1, 0.15) is 5.82 Å². The average Bonchev–Trinajstić information content (AvgIpc) is 2.89. The highest BCUT2D eigenvalue weighted by Crippen LogP contribution is 2.20. The molecule has 18 heavy (non-hydrogen) atoms. The van der Waals surface area contributed by atoms with Crippen LogP contribution in [0.2, 0.25) is 0 Å². The first-order chi connectivity index (χ1) is 8.83. The van der Waals surface area contributed by atoms with Crippen LogP contribution in [0.15, 0.2) is 24.3 Å². The summed E-state index contributed by atoms with van der Waals surface area (Å²) in [5.41, 5.74) is 1.01. The molecule has 1 aromatic carbocycles. The predicted molar refractivity (Wildman–Crippen MR) is 74.4 cm³/mol. The lowest BCUT2D eigenvalue weighted by Crippen LogP contribution is -2.19. The minimum atomic E-state index is 0.295. The van der Waals surface area contributed by atoms with Crippen molar-refractivity contribution in [3.8, 4) is 0 Å². The lowest BCUT2D eigenvalue weighted by atomic mass is 10.2. The molecule has 2 heterocycles. The molecular weight excluding hydrogens is 246 g/mol. The third-order valence-corrected chi connectivity index (χ3v) is 3.35. The van der Waals surface area contributed by atoms with Crippen molar-refractivity contribution >= 4 is 28.9 Å². The molecule has 3 rings (SSSR count). The minimum absolute atomic E-state index is 0.295. The van der Waals surface area contributed by atoms with Crippen molar-refractivity contribution in [3.05, 3.63) is 29.0 Å². The fourth-order valence-corrected chi connectivity index (χ4v) is 2.46. The number of hydrogen-bond acceptors (Lipinski definition) is 4. The van der Waals surface area contributed by atoms with Crippen LogP contribution < -0.4 is 5.32 Å². The van der Waals surface area contributed by atoms with Crippen LogP contribution in [-0.4, -0.2) is 29.2 Å². The molecule has 4 nitrogen and oxygen atoms in total. The topological polar surface area (TPSA) is 49.9 Å². The SMILES string of the molecule is S=c1nc(NC[C@H]2CCCO2)c2ccccc2[nH]1. The van der Waals surface area contributed by atoms with E-state index >= 15 is 0 Å². The quantitative estimate of drug-likeness (QED) is 0.834. The molecule has 94 valence electrons. The van der Waals surface area contributed by atoms with Crippen molar-refractivity contribution in [2.75, 3.05) is 18.5 Å². The number of rotatable bonds is 3. The number of nitrogens with one attached hydrogen (secondary N) is 2. The highest BCUT2D eigenvalue weighted by Gasteiger charge is 2.15. The smallest absolute Gasteiger partial charge is 0.199 e. The summed E-state index contributed by atoms with van der Waals surface area (Å²) in [6.45, 7) is 1.66.